The van der Waals surface area contributed by atoms with E-state index in [-0.39, 0.29) is 24.3 Å². The first-order chi connectivity index (χ1) is 11.6. The quantitative estimate of drug-likeness (QED) is 0.827. The van der Waals surface area contributed by atoms with E-state index in [9.17, 15) is 9.59 Å². The summed E-state index contributed by atoms with van der Waals surface area (Å²) in [6.07, 6.45) is 3.36. The third-order valence-corrected chi connectivity index (χ3v) is 6.20. The molecule has 140 valence electrons. The first kappa shape index (κ1) is 19.8. The molecule has 0 spiro atoms. The Labute approximate surface area is 153 Å². The SMILES string of the molecule is CSCc1noc(CNC(=O)C2(C)CCC(C(=O)N(C)C)C2(C)C)n1. The summed E-state index contributed by atoms with van der Waals surface area (Å²) in [5.41, 5.74) is -1.05. The maximum atomic E-state index is 12.9. The summed E-state index contributed by atoms with van der Waals surface area (Å²) < 4.78 is 5.16. The molecule has 1 aromatic rings. The zero-order valence-electron chi connectivity index (χ0n) is 15.9. The smallest absolute Gasteiger partial charge is 0.246 e. The Morgan fingerprint density at radius 3 is 2.64 bits per heavy atom. The largest absolute Gasteiger partial charge is 0.349 e. The number of hydrogen-bond acceptors (Lipinski definition) is 6. The first-order valence-electron chi connectivity index (χ1n) is 8.43. The van der Waals surface area contributed by atoms with E-state index in [0.717, 1.165) is 0 Å². The van der Waals surface area contributed by atoms with Gasteiger partial charge in [0.15, 0.2) is 5.82 Å². The zero-order valence-corrected chi connectivity index (χ0v) is 16.7. The topological polar surface area (TPSA) is 88.3 Å². The lowest BCUT2D eigenvalue weighted by Gasteiger charge is -2.40. The molecule has 0 bridgehead atoms. The van der Waals surface area contributed by atoms with Crippen LogP contribution in [0.2, 0.25) is 0 Å². The Morgan fingerprint density at radius 2 is 2.04 bits per heavy atom. The molecule has 1 aliphatic carbocycles. The van der Waals surface area contributed by atoms with Crippen LogP contribution in [0.15, 0.2) is 4.52 Å². The van der Waals surface area contributed by atoms with Crippen LogP contribution in [0.3, 0.4) is 0 Å². The molecule has 7 nitrogen and oxygen atoms in total. The van der Waals surface area contributed by atoms with Crippen molar-refractivity contribution in [3.05, 3.63) is 11.7 Å². The van der Waals surface area contributed by atoms with Crippen molar-refractivity contribution in [2.75, 3.05) is 20.4 Å². The fourth-order valence-corrected chi connectivity index (χ4v) is 3.93. The second-order valence-corrected chi connectivity index (χ2v) is 8.46. The normalized spacial score (nSPS) is 25.0. The maximum Gasteiger partial charge on any atom is 0.246 e. The molecular formula is C17H28N4O3S. The van der Waals surface area contributed by atoms with Crippen molar-refractivity contribution in [2.45, 2.75) is 45.9 Å². The highest BCUT2D eigenvalue weighted by Crippen LogP contribution is 2.56. The number of carbonyl (C=O) groups is 2. The van der Waals surface area contributed by atoms with Gasteiger partial charge in [0.1, 0.15) is 0 Å². The van der Waals surface area contributed by atoms with Gasteiger partial charge in [-0.2, -0.15) is 16.7 Å². The Hall–Kier alpha value is -1.57. The van der Waals surface area contributed by atoms with Gasteiger partial charge in [0.25, 0.3) is 0 Å². The summed E-state index contributed by atoms with van der Waals surface area (Å²) >= 11 is 1.61. The van der Waals surface area contributed by atoms with E-state index >= 15 is 0 Å². The van der Waals surface area contributed by atoms with Gasteiger partial charge in [-0.25, -0.2) is 0 Å². The van der Waals surface area contributed by atoms with Crippen LogP contribution in [-0.2, 0) is 21.9 Å². The molecule has 0 saturated heterocycles. The molecular weight excluding hydrogens is 340 g/mol. The van der Waals surface area contributed by atoms with Crippen LogP contribution in [-0.4, -0.2) is 47.2 Å². The number of amides is 2. The fourth-order valence-electron chi connectivity index (χ4n) is 3.55. The van der Waals surface area contributed by atoms with Gasteiger partial charge in [-0.1, -0.05) is 25.9 Å². The minimum atomic E-state index is -0.620. The van der Waals surface area contributed by atoms with E-state index < -0.39 is 10.8 Å². The van der Waals surface area contributed by atoms with Crippen molar-refractivity contribution in [1.82, 2.24) is 20.4 Å². The summed E-state index contributed by atoms with van der Waals surface area (Å²) in [6, 6.07) is 0. The van der Waals surface area contributed by atoms with Crippen LogP contribution in [0.4, 0.5) is 0 Å². The minimum Gasteiger partial charge on any atom is -0.349 e. The van der Waals surface area contributed by atoms with Gasteiger partial charge in [-0.15, -0.1) is 0 Å². The molecule has 1 aliphatic rings. The van der Waals surface area contributed by atoms with E-state index in [1.54, 1.807) is 30.8 Å². The molecule has 2 amide bonds. The molecule has 8 heteroatoms. The Morgan fingerprint density at radius 1 is 1.36 bits per heavy atom. The summed E-state index contributed by atoms with van der Waals surface area (Å²) in [7, 11) is 3.52. The van der Waals surface area contributed by atoms with Gasteiger partial charge in [0.05, 0.1) is 17.7 Å². The number of nitrogens with one attached hydrogen (secondary N) is 1. The van der Waals surface area contributed by atoms with Crippen LogP contribution in [0.5, 0.6) is 0 Å². The number of rotatable bonds is 6. The van der Waals surface area contributed by atoms with Crippen LogP contribution in [0.1, 0.15) is 45.3 Å². The zero-order chi connectivity index (χ0) is 18.8. The summed E-state index contributed by atoms with van der Waals surface area (Å²) in [5, 5.41) is 6.79. The van der Waals surface area contributed by atoms with E-state index in [2.05, 4.69) is 15.5 Å². The lowest BCUT2D eigenvalue weighted by molar-refractivity contribution is -0.142. The van der Waals surface area contributed by atoms with Crippen LogP contribution < -0.4 is 5.32 Å². The van der Waals surface area contributed by atoms with Crippen molar-refractivity contribution in [1.29, 1.82) is 0 Å². The van der Waals surface area contributed by atoms with Crippen LogP contribution in [0, 0.1) is 16.7 Å². The predicted molar refractivity (Wildman–Crippen MR) is 96.7 cm³/mol. The molecule has 0 aromatic carbocycles. The molecule has 2 unspecified atom stereocenters. The first-order valence-corrected chi connectivity index (χ1v) is 9.82. The number of carbonyl (C=O) groups excluding carboxylic acids is 2. The Bertz CT molecular complexity index is 644. The second-order valence-electron chi connectivity index (χ2n) is 7.60. The number of nitrogens with zero attached hydrogens (tertiary/aromatic N) is 3. The van der Waals surface area contributed by atoms with Gasteiger partial charge in [-0.3, -0.25) is 9.59 Å². The molecule has 25 heavy (non-hydrogen) atoms. The molecule has 1 fully saturated rings. The monoisotopic (exact) mass is 368 g/mol. The fraction of sp³-hybridized carbons (Fsp3) is 0.765. The molecule has 0 aliphatic heterocycles. The maximum absolute atomic E-state index is 12.9. The lowest BCUT2D eigenvalue weighted by Crippen LogP contribution is -2.49. The van der Waals surface area contributed by atoms with E-state index in [4.69, 9.17) is 4.52 Å². The predicted octanol–water partition coefficient (Wildman–Crippen LogP) is 2.08. The van der Waals surface area contributed by atoms with Crippen molar-refractivity contribution < 1.29 is 14.1 Å². The molecule has 1 saturated carbocycles. The highest BCUT2D eigenvalue weighted by molar-refractivity contribution is 7.97. The highest BCUT2D eigenvalue weighted by Gasteiger charge is 2.58. The van der Waals surface area contributed by atoms with Crippen LogP contribution >= 0.6 is 11.8 Å². The standard InChI is InChI=1S/C17H28N4O3S/c1-16(2)11(14(22)21(4)5)7-8-17(16,3)15(23)18-9-13-19-12(10-25-6)20-24-13/h11H,7-10H2,1-6H3,(H,18,23). The van der Waals surface area contributed by atoms with E-state index in [0.29, 0.717) is 30.3 Å². The van der Waals surface area contributed by atoms with Gasteiger partial charge < -0.3 is 14.7 Å². The summed E-state index contributed by atoms with van der Waals surface area (Å²) in [5.74, 6) is 1.56. The number of hydrogen-bond donors (Lipinski definition) is 1. The summed E-state index contributed by atoms with van der Waals surface area (Å²) in [6.45, 7) is 6.17. The van der Waals surface area contributed by atoms with Gasteiger partial charge in [0.2, 0.25) is 17.7 Å². The average Bonchev–Trinajstić information content (AvgIpc) is 3.08. The average molecular weight is 369 g/mol. The van der Waals surface area contributed by atoms with E-state index in [1.165, 1.54) is 0 Å². The van der Waals surface area contributed by atoms with E-state index in [1.807, 2.05) is 27.0 Å². The van der Waals surface area contributed by atoms with Gasteiger partial charge >= 0.3 is 0 Å². The van der Waals surface area contributed by atoms with Gasteiger partial charge in [-0.05, 0) is 24.5 Å². The summed E-state index contributed by atoms with van der Waals surface area (Å²) in [4.78, 5) is 31.2. The van der Waals surface area contributed by atoms with Crippen molar-refractivity contribution in [3.63, 3.8) is 0 Å². The second kappa shape index (κ2) is 7.35. The van der Waals surface area contributed by atoms with Gasteiger partial charge in [0, 0.05) is 20.0 Å². The van der Waals surface area contributed by atoms with Crippen molar-refractivity contribution >= 4 is 23.6 Å². The molecule has 1 heterocycles. The lowest BCUT2D eigenvalue weighted by atomic mass is 9.65. The molecule has 2 rings (SSSR count). The van der Waals surface area contributed by atoms with Crippen molar-refractivity contribution in [3.8, 4) is 0 Å². The molecule has 1 aromatic heterocycles. The number of aromatic nitrogens is 2. The van der Waals surface area contributed by atoms with Crippen LogP contribution in [0.25, 0.3) is 0 Å². The minimum absolute atomic E-state index is 0.0730. The highest BCUT2D eigenvalue weighted by atomic mass is 32.2. The Balaban J connectivity index is 2.05. The molecule has 2 atom stereocenters. The molecule has 1 N–H and O–H groups in total. The third-order valence-electron chi connectivity index (χ3n) is 5.65. The van der Waals surface area contributed by atoms with Crippen molar-refractivity contribution in [2.24, 2.45) is 16.7 Å². The molecule has 0 radical (unpaired) electrons. The number of thioether (sulfide) groups is 1. The third kappa shape index (κ3) is 3.68. The Kier molecular flexibility index (Phi) is 5.81.